The molecule has 18 heavy (non-hydrogen) atoms. The molecule has 3 heteroatoms. The molecular weight excluding hydrogens is 242 g/mol. The molecule has 0 saturated heterocycles. The quantitative estimate of drug-likeness (QED) is 0.857. The van der Waals surface area contributed by atoms with Crippen LogP contribution in [0.2, 0.25) is 0 Å². The Kier molecular flexibility index (Phi) is 5.39. The van der Waals surface area contributed by atoms with Crippen molar-refractivity contribution in [3.8, 4) is 5.75 Å². The lowest BCUT2D eigenvalue weighted by Crippen LogP contribution is -2.26. The van der Waals surface area contributed by atoms with Gasteiger partial charge >= 0.3 is 0 Å². The van der Waals surface area contributed by atoms with Gasteiger partial charge in [-0.1, -0.05) is 31.0 Å². The monoisotopic (exact) mass is 265 g/mol. The van der Waals surface area contributed by atoms with Gasteiger partial charge in [-0.05, 0) is 30.9 Å². The molecule has 2 rings (SSSR count). The summed E-state index contributed by atoms with van der Waals surface area (Å²) in [7, 11) is 1.72. The van der Waals surface area contributed by atoms with Gasteiger partial charge in [0.1, 0.15) is 5.75 Å². The van der Waals surface area contributed by atoms with E-state index in [1.54, 1.807) is 7.11 Å². The average molecular weight is 265 g/mol. The number of hydrogen-bond acceptors (Lipinski definition) is 3. The molecule has 100 valence electrons. The highest BCUT2D eigenvalue weighted by molar-refractivity contribution is 7.99. The molecule has 0 radical (unpaired) electrons. The molecule has 2 nitrogen and oxygen atoms in total. The molecule has 1 saturated carbocycles. The van der Waals surface area contributed by atoms with Gasteiger partial charge in [-0.25, -0.2) is 0 Å². The predicted octanol–water partition coefficient (Wildman–Crippen LogP) is 3.24. The highest BCUT2D eigenvalue weighted by atomic mass is 32.2. The Balaban J connectivity index is 1.80. The number of methoxy groups -OCH3 is 1. The van der Waals surface area contributed by atoms with Crippen LogP contribution in [0.25, 0.3) is 0 Å². The molecule has 1 aliphatic rings. The molecule has 1 unspecified atom stereocenters. The van der Waals surface area contributed by atoms with Gasteiger partial charge in [-0.2, -0.15) is 11.8 Å². The number of nitrogens with two attached hydrogens (primary N) is 1. The third-order valence-electron chi connectivity index (χ3n) is 3.52. The summed E-state index contributed by atoms with van der Waals surface area (Å²) in [6, 6.07) is 8.40. The molecule has 0 heterocycles. The molecule has 1 aliphatic carbocycles. The summed E-state index contributed by atoms with van der Waals surface area (Å²) in [4.78, 5) is 0. The van der Waals surface area contributed by atoms with Crippen LogP contribution in [-0.2, 0) is 6.42 Å². The first-order valence-corrected chi connectivity index (χ1v) is 7.83. The third-order valence-corrected chi connectivity index (χ3v) is 5.09. The first-order valence-electron chi connectivity index (χ1n) is 6.78. The van der Waals surface area contributed by atoms with E-state index in [1.165, 1.54) is 31.2 Å². The fraction of sp³-hybridized carbons (Fsp3) is 0.600. The Morgan fingerprint density at radius 1 is 1.33 bits per heavy atom. The number of benzene rings is 1. The minimum atomic E-state index is 0.229. The van der Waals surface area contributed by atoms with E-state index in [1.807, 2.05) is 12.1 Å². The van der Waals surface area contributed by atoms with E-state index in [9.17, 15) is 0 Å². The Morgan fingerprint density at radius 2 is 2.06 bits per heavy atom. The fourth-order valence-electron chi connectivity index (χ4n) is 2.53. The Hall–Kier alpha value is -0.670. The molecule has 1 atom stereocenters. The van der Waals surface area contributed by atoms with Crippen LogP contribution in [0.4, 0.5) is 0 Å². The minimum absolute atomic E-state index is 0.229. The van der Waals surface area contributed by atoms with E-state index >= 15 is 0 Å². The standard InChI is InChI=1S/C15H23NOS/c1-17-15-9-5-2-6-12(15)10-13(16)11-18-14-7-3-4-8-14/h2,5-6,9,13-14H,3-4,7-8,10-11,16H2,1H3. The highest BCUT2D eigenvalue weighted by Gasteiger charge is 2.17. The number of thioether (sulfide) groups is 1. The molecule has 0 spiro atoms. The van der Waals surface area contributed by atoms with Crippen molar-refractivity contribution >= 4 is 11.8 Å². The van der Waals surface area contributed by atoms with E-state index in [2.05, 4.69) is 23.9 Å². The smallest absolute Gasteiger partial charge is 0.122 e. The van der Waals surface area contributed by atoms with E-state index in [4.69, 9.17) is 10.5 Å². The van der Waals surface area contributed by atoms with Crippen LogP contribution >= 0.6 is 11.8 Å². The molecular formula is C15H23NOS. The van der Waals surface area contributed by atoms with Crippen molar-refractivity contribution in [2.75, 3.05) is 12.9 Å². The largest absolute Gasteiger partial charge is 0.496 e. The van der Waals surface area contributed by atoms with Crippen LogP contribution in [0.1, 0.15) is 31.2 Å². The first-order chi connectivity index (χ1) is 8.79. The first kappa shape index (κ1) is 13.8. The van der Waals surface area contributed by atoms with Crippen LogP contribution < -0.4 is 10.5 Å². The number of ether oxygens (including phenoxy) is 1. The summed E-state index contributed by atoms with van der Waals surface area (Å²) in [6.45, 7) is 0. The van der Waals surface area contributed by atoms with Crippen molar-refractivity contribution in [1.82, 2.24) is 0 Å². The Morgan fingerprint density at radius 3 is 2.78 bits per heavy atom. The lowest BCUT2D eigenvalue weighted by Gasteiger charge is -2.16. The third kappa shape index (κ3) is 3.92. The van der Waals surface area contributed by atoms with Crippen LogP contribution in [0.5, 0.6) is 5.75 Å². The van der Waals surface area contributed by atoms with Gasteiger partial charge in [0.25, 0.3) is 0 Å². The van der Waals surface area contributed by atoms with Crippen molar-refractivity contribution in [2.45, 2.75) is 43.4 Å². The van der Waals surface area contributed by atoms with Crippen molar-refractivity contribution in [1.29, 1.82) is 0 Å². The van der Waals surface area contributed by atoms with Gasteiger partial charge in [0.05, 0.1) is 7.11 Å². The lowest BCUT2D eigenvalue weighted by molar-refractivity contribution is 0.408. The van der Waals surface area contributed by atoms with Gasteiger partial charge in [0.15, 0.2) is 0 Å². The molecule has 1 aromatic carbocycles. The molecule has 2 N–H and O–H groups in total. The average Bonchev–Trinajstić information content (AvgIpc) is 2.90. The molecule has 1 aromatic rings. The van der Waals surface area contributed by atoms with E-state index in [0.29, 0.717) is 0 Å². The van der Waals surface area contributed by atoms with Crippen molar-refractivity contribution in [3.05, 3.63) is 29.8 Å². The SMILES string of the molecule is COc1ccccc1CC(N)CSC1CCCC1. The highest BCUT2D eigenvalue weighted by Crippen LogP contribution is 2.30. The Bertz CT molecular complexity index is 363. The van der Waals surface area contributed by atoms with E-state index < -0.39 is 0 Å². The van der Waals surface area contributed by atoms with Gasteiger partial charge in [-0.3, -0.25) is 0 Å². The molecule has 0 aliphatic heterocycles. The van der Waals surface area contributed by atoms with Crippen LogP contribution in [0, 0.1) is 0 Å². The summed E-state index contributed by atoms with van der Waals surface area (Å²) in [6.07, 6.45) is 6.47. The second kappa shape index (κ2) is 7.05. The number of para-hydroxylation sites is 1. The van der Waals surface area contributed by atoms with Crippen LogP contribution in [-0.4, -0.2) is 24.2 Å². The van der Waals surface area contributed by atoms with Gasteiger partial charge in [0.2, 0.25) is 0 Å². The lowest BCUT2D eigenvalue weighted by atomic mass is 10.1. The van der Waals surface area contributed by atoms with Gasteiger partial charge in [-0.15, -0.1) is 0 Å². The van der Waals surface area contributed by atoms with E-state index in [-0.39, 0.29) is 6.04 Å². The van der Waals surface area contributed by atoms with Gasteiger partial charge in [0, 0.05) is 17.0 Å². The summed E-state index contributed by atoms with van der Waals surface area (Å²) in [5.74, 6) is 2.02. The van der Waals surface area contributed by atoms with Gasteiger partial charge < -0.3 is 10.5 Å². The Labute approximate surface area is 114 Å². The normalized spacial score (nSPS) is 17.9. The fourth-order valence-corrected chi connectivity index (χ4v) is 3.83. The van der Waals surface area contributed by atoms with Crippen molar-refractivity contribution < 1.29 is 4.74 Å². The zero-order valence-corrected chi connectivity index (χ0v) is 11.9. The van der Waals surface area contributed by atoms with E-state index in [0.717, 1.165) is 23.2 Å². The summed E-state index contributed by atoms with van der Waals surface area (Å²) in [5.41, 5.74) is 7.45. The minimum Gasteiger partial charge on any atom is -0.496 e. The topological polar surface area (TPSA) is 35.2 Å². The second-order valence-corrected chi connectivity index (χ2v) is 6.35. The van der Waals surface area contributed by atoms with Crippen LogP contribution in [0.3, 0.4) is 0 Å². The summed E-state index contributed by atoms with van der Waals surface area (Å²) < 4.78 is 5.36. The number of hydrogen-bond donors (Lipinski definition) is 1. The predicted molar refractivity (Wildman–Crippen MR) is 79.4 cm³/mol. The maximum absolute atomic E-state index is 6.23. The molecule has 0 amide bonds. The maximum Gasteiger partial charge on any atom is 0.122 e. The molecule has 0 aromatic heterocycles. The summed E-state index contributed by atoms with van der Waals surface area (Å²) >= 11 is 2.06. The molecule has 0 bridgehead atoms. The zero-order chi connectivity index (χ0) is 12.8. The number of rotatable bonds is 6. The maximum atomic E-state index is 6.23. The summed E-state index contributed by atoms with van der Waals surface area (Å²) in [5, 5.41) is 0.855. The van der Waals surface area contributed by atoms with Crippen molar-refractivity contribution in [2.24, 2.45) is 5.73 Å². The van der Waals surface area contributed by atoms with Crippen LogP contribution in [0.15, 0.2) is 24.3 Å². The second-order valence-electron chi connectivity index (χ2n) is 5.02. The molecule has 1 fully saturated rings. The van der Waals surface area contributed by atoms with Crippen molar-refractivity contribution in [3.63, 3.8) is 0 Å². The zero-order valence-electron chi connectivity index (χ0n) is 11.1.